The van der Waals surface area contributed by atoms with Crippen LogP contribution in [0.3, 0.4) is 0 Å². The van der Waals surface area contributed by atoms with Crippen molar-refractivity contribution in [1.29, 1.82) is 0 Å². The van der Waals surface area contributed by atoms with E-state index < -0.39 is 5.60 Å². The molecule has 0 saturated heterocycles. The molecule has 1 unspecified atom stereocenters. The van der Waals surface area contributed by atoms with Crippen LogP contribution in [0.15, 0.2) is 0 Å². The molecule has 3 heteroatoms. The number of hydrogen-bond acceptors (Lipinski definition) is 3. The Hall–Kier alpha value is -0.410. The third-order valence-electron chi connectivity index (χ3n) is 1.62. The second-order valence-electron chi connectivity index (χ2n) is 2.52. The zero-order valence-electron chi connectivity index (χ0n) is 6.46. The molecular formula is C7H14O3. The zero-order chi connectivity index (χ0) is 8.04. The van der Waals surface area contributed by atoms with Crippen molar-refractivity contribution in [3.8, 4) is 0 Å². The molecule has 1 N–H and O–H groups in total. The molecule has 10 heavy (non-hydrogen) atoms. The van der Waals surface area contributed by atoms with Gasteiger partial charge in [0.15, 0.2) is 0 Å². The van der Waals surface area contributed by atoms with Crippen molar-refractivity contribution >= 4 is 6.29 Å². The summed E-state index contributed by atoms with van der Waals surface area (Å²) >= 11 is 0. The number of rotatable bonds is 5. The molecular weight excluding hydrogens is 132 g/mol. The summed E-state index contributed by atoms with van der Waals surface area (Å²) < 4.78 is 4.98. The Morgan fingerprint density at radius 2 is 2.30 bits per heavy atom. The fourth-order valence-corrected chi connectivity index (χ4v) is 0.610. The molecule has 0 radical (unpaired) electrons. The lowest BCUT2D eigenvalue weighted by molar-refractivity contribution is -0.110. The SMILES string of the molecule is COC(C)(CO)CCC=O. The Bertz CT molecular complexity index is 97.0. The van der Waals surface area contributed by atoms with Gasteiger partial charge in [0.05, 0.1) is 12.2 Å². The molecule has 0 rings (SSSR count). The van der Waals surface area contributed by atoms with Crippen LogP contribution < -0.4 is 0 Å². The molecule has 0 bridgehead atoms. The largest absolute Gasteiger partial charge is 0.393 e. The van der Waals surface area contributed by atoms with Crippen LogP contribution in [0.4, 0.5) is 0 Å². The van der Waals surface area contributed by atoms with Crippen molar-refractivity contribution in [2.24, 2.45) is 0 Å². The average Bonchev–Trinajstić information content (AvgIpc) is 2.00. The van der Waals surface area contributed by atoms with Gasteiger partial charge in [-0.15, -0.1) is 0 Å². The van der Waals surface area contributed by atoms with E-state index >= 15 is 0 Å². The molecule has 0 aromatic carbocycles. The highest BCUT2D eigenvalue weighted by Gasteiger charge is 2.21. The minimum absolute atomic E-state index is 0.0443. The van der Waals surface area contributed by atoms with Crippen LogP contribution in [0.25, 0.3) is 0 Å². The summed E-state index contributed by atoms with van der Waals surface area (Å²) in [5.41, 5.74) is -0.541. The topological polar surface area (TPSA) is 46.5 Å². The molecule has 0 aliphatic rings. The van der Waals surface area contributed by atoms with Gasteiger partial charge in [0.25, 0.3) is 0 Å². The molecule has 0 aliphatic carbocycles. The van der Waals surface area contributed by atoms with Crippen LogP contribution in [0, 0.1) is 0 Å². The summed E-state index contributed by atoms with van der Waals surface area (Å²) in [5, 5.41) is 8.77. The molecule has 0 spiro atoms. The molecule has 0 aliphatic heterocycles. The Morgan fingerprint density at radius 1 is 1.70 bits per heavy atom. The predicted octanol–water partition coefficient (Wildman–Crippen LogP) is 0.363. The van der Waals surface area contributed by atoms with Gasteiger partial charge in [0.1, 0.15) is 6.29 Å². The highest BCUT2D eigenvalue weighted by atomic mass is 16.5. The molecule has 0 aromatic heterocycles. The summed E-state index contributed by atoms with van der Waals surface area (Å²) in [6.07, 6.45) is 1.83. The standard InChI is InChI=1S/C7H14O3/c1-7(6-9,10-2)4-3-5-8/h5,9H,3-4,6H2,1-2H3. The maximum Gasteiger partial charge on any atom is 0.120 e. The number of carbonyl (C=O) groups excluding carboxylic acids is 1. The molecule has 0 aromatic rings. The third kappa shape index (κ3) is 2.94. The van der Waals surface area contributed by atoms with E-state index in [1.807, 2.05) is 0 Å². The van der Waals surface area contributed by atoms with E-state index in [4.69, 9.17) is 9.84 Å². The van der Waals surface area contributed by atoms with Crippen molar-refractivity contribution in [1.82, 2.24) is 0 Å². The first-order valence-corrected chi connectivity index (χ1v) is 3.28. The van der Waals surface area contributed by atoms with E-state index in [0.29, 0.717) is 12.8 Å². The first kappa shape index (κ1) is 9.59. The van der Waals surface area contributed by atoms with Gasteiger partial charge < -0.3 is 14.6 Å². The predicted molar refractivity (Wildman–Crippen MR) is 37.8 cm³/mol. The fraction of sp³-hybridized carbons (Fsp3) is 0.857. The quantitative estimate of drug-likeness (QED) is 0.570. The van der Waals surface area contributed by atoms with Gasteiger partial charge in [0, 0.05) is 13.5 Å². The van der Waals surface area contributed by atoms with Crippen LogP contribution in [-0.4, -0.2) is 30.7 Å². The van der Waals surface area contributed by atoms with Crippen LogP contribution in [0.5, 0.6) is 0 Å². The number of carbonyl (C=O) groups is 1. The highest BCUT2D eigenvalue weighted by Crippen LogP contribution is 2.14. The molecule has 1 atom stereocenters. The van der Waals surface area contributed by atoms with Gasteiger partial charge in [-0.25, -0.2) is 0 Å². The number of aldehydes is 1. The normalized spacial score (nSPS) is 16.3. The highest BCUT2D eigenvalue weighted by molar-refractivity contribution is 5.49. The summed E-state index contributed by atoms with van der Waals surface area (Å²) in [5.74, 6) is 0. The minimum Gasteiger partial charge on any atom is -0.393 e. The lowest BCUT2D eigenvalue weighted by Crippen LogP contribution is -2.31. The van der Waals surface area contributed by atoms with Gasteiger partial charge in [0.2, 0.25) is 0 Å². The monoisotopic (exact) mass is 146 g/mol. The summed E-state index contributed by atoms with van der Waals surface area (Å²) in [6.45, 7) is 1.73. The van der Waals surface area contributed by atoms with Gasteiger partial charge >= 0.3 is 0 Å². The van der Waals surface area contributed by atoms with E-state index in [1.54, 1.807) is 6.92 Å². The van der Waals surface area contributed by atoms with E-state index in [1.165, 1.54) is 7.11 Å². The number of methoxy groups -OCH3 is 1. The number of hydrogen-bond donors (Lipinski definition) is 1. The van der Waals surface area contributed by atoms with E-state index in [2.05, 4.69) is 0 Å². The maximum atomic E-state index is 9.95. The smallest absolute Gasteiger partial charge is 0.120 e. The minimum atomic E-state index is -0.541. The Morgan fingerprint density at radius 3 is 2.60 bits per heavy atom. The van der Waals surface area contributed by atoms with Gasteiger partial charge in [-0.2, -0.15) is 0 Å². The lowest BCUT2D eigenvalue weighted by Gasteiger charge is -2.24. The maximum absolute atomic E-state index is 9.95. The van der Waals surface area contributed by atoms with Crippen molar-refractivity contribution in [2.75, 3.05) is 13.7 Å². The summed E-state index contributed by atoms with van der Waals surface area (Å²) in [7, 11) is 1.53. The number of aliphatic hydroxyl groups is 1. The molecule has 60 valence electrons. The van der Waals surface area contributed by atoms with E-state index in [-0.39, 0.29) is 6.61 Å². The van der Waals surface area contributed by atoms with Crippen molar-refractivity contribution in [2.45, 2.75) is 25.4 Å². The zero-order valence-corrected chi connectivity index (χ0v) is 6.46. The Kier molecular flexibility index (Phi) is 4.23. The van der Waals surface area contributed by atoms with Gasteiger partial charge in [-0.3, -0.25) is 0 Å². The first-order valence-electron chi connectivity index (χ1n) is 3.28. The van der Waals surface area contributed by atoms with Crippen LogP contribution in [0.1, 0.15) is 19.8 Å². The third-order valence-corrected chi connectivity index (χ3v) is 1.62. The lowest BCUT2D eigenvalue weighted by atomic mass is 10.0. The second-order valence-corrected chi connectivity index (χ2v) is 2.52. The van der Waals surface area contributed by atoms with Crippen molar-refractivity contribution in [3.05, 3.63) is 0 Å². The van der Waals surface area contributed by atoms with Gasteiger partial charge in [-0.1, -0.05) is 0 Å². The molecule has 0 heterocycles. The van der Waals surface area contributed by atoms with Gasteiger partial charge in [-0.05, 0) is 13.3 Å². The molecule has 0 saturated carbocycles. The molecule has 0 fully saturated rings. The molecule has 3 nitrogen and oxygen atoms in total. The Balaban J connectivity index is 3.68. The first-order chi connectivity index (χ1) is 4.68. The van der Waals surface area contributed by atoms with E-state index in [0.717, 1.165) is 6.29 Å². The van der Waals surface area contributed by atoms with Crippen molar-refractivity contribution in [3.63, 3.8) is 0 Å². The Labute approximate surface area is 61.0 Å². The van der Waals surface area contributed by atoms with Crippen LogP contribution in [0.2, 0.25) is 0 Å². The number of ether oxygens (including phenoxy) is 1. The summed E-state index contributed by atoms with van der Waals surface area (Å²) in [4.78, 5) is 9.95. The average molecular weight is 146 g/mol. The van der Waals surface area contributed by atoms with Crippen LogP contribution >= 0.6 is 0 Å². The van der Waals surface area contributed by atoms with Crippen molar-refractivity contribution < 1.29 is 14.6 Å². The van der Waals surface area contributed by atoms with Crippen LogP contribution in [-0.2, 0) is 9.53 Å². The second kappa shape index (κ2) is 4.41. The van der Waals surface area contributed by atoms with E-state index in [9.17, 15) is 4.79 Å². The summed E-state index contributed by atoms with van der Waals surface area (Å²) in [6, 6.07) is 0. The molecule has 0 amide bonds. The fourth-order valence-electron chi connectivity index (χ4n) is 0.610. The number of aliphatic hydroxyl groups excluding tert-OH is 1.